The number of nitro benzene ring substituents is 1. The summed E-state index contributed by atoms with van der Waals surface area (Å²) in [6.45, 7) is 2.67. The van der Waals surface area contributed by atoms with E-state index in [4.69, 9.17) is 0 Å². The van der Waals surface area contributed by atoms with Gasteiger partial charge in [0.25, 0.3) is 5.69 Å². The monoisotopic (exact) mass is 334 g/mol. The van der Waals surface area contributed by atoms with Crippen molar-refractivity contribution in [2.45, 2.75) is 19.9 Å². The van der Waals surface area contributed by atoms with Gasteiger partial charge >= 0.3 is 0 Å². The molecular formula is C15H15BrN2O2. The summed E-state index contributed by atoms with van der Waals surface area (Å²) >= 11 is 3.24. The molecular weight excluding hydrogens is 320 g/mol. The molecule has 2 aromatic carbocycles. The van der Waals surface area contributed by atoms with Gasteiger partial charge < -0.3 is 5.32 Å². The second-order valence-corrected chi connectivity index (χ2v) is 5.36. The number of hydrogen-bond acceptors (Lipinski definition) is 3. The average Bonchev–Trinajstić information content (AvgIpc) is 2.46. The molecule has 0 fully saturated rings. The molecule has 0 aliphatic rings. The fourth-order valence-corrected chi connectivity index (χ4v) is 2.24. The van der Waals surface area contributed by atoms with E-state index in [1.54, 1.807) is 12.1 Å². The van der Waals surface area contributed by atoms with Crippen LogP contribution in [0.1, 0.15) is 18.1 Å². The van der Waals surface area contributed by atoms with Gasteiger partial charge in [0.2, 0.25) is 0 Å². The van der Waals surface area contributed by atoms with Gasteiger partial charge in [0.05, 0.1) is 4.92 Å². The number of halogens is 1. The van der Waals surface area contributed by atoms with Crippen LogP contribution < -0.4 is 5.32 Å². The Kier molecular flexibility index (Phi) is 4.74. The SMILES string of the molecule is CCc1ccc(CNc2ccc(Br)cc2[N+](=O)[O-])cc1. The standard InChI is InChI=1S/C15H15BrN2O2/c1-2-11-3-5-12(6-4-11)10-17-14-8-7-13(16)9-15(14)18(19)20/h3-9,17H,2,10H2,1H3. The van der Waals surface area contributed by atoms with Gasteiger partial charge in [-0.05, 0) is 29.7 Å². The van der Waals surface area contributed by atoms with Crippen molar-refractivity contribution in [2.24, 2.45) is 0 Å². The molecule has 0 aromatic heterocycles. The highest BCUT2D eigenvalue weighted by atomic mass is 79.9. The molecule has 0 saturated heterocycles. The van der Waals surface area contributed by atoms with Gasteiger partial charge in [-0.3, -0.25) is 10.1 Å². The summed E-state index contributed by atoms with van der Waals surface area (Å²) in [6.07, 6.45) is 1.01. The molecule has 0 bridgehead atoms. The third-order valence-corrected chi connectivity index (χ3v) is 3.56. The summed E-state index contributed by atoms with van der Waals surface area (Å²) < 4.78 is 0.696. The molecule has 0 unspecified atom stereocenters. The third-order valence-electron chi connectivity index (χ3n) is 3.07. The molecule has 1 N–H and O–H groups in total. The van der Waals surface area contributed by atoms with E-state index in [0.29, 0.717) is 16.7 Å². The highest BCUT2D eigenvalue weighted by Crippen LogP contribution is 2.28. The average molecular weight is 335 g/mol. The molecule has 0 aliphatic heterocycles. The van der Waals surface area contributed by atoms with Crippen LogP contribution in [0.25, 0.3) is 0 Å². The first-order valence-electron chi connectivity index (χ1n) is 6.35. The largest absolute Gasteiger partial charge is 0.375 e. The Balaban J connectivity index is 2.12. The van der Waals surface area contributed by atoms with Crippen LogP contribution in [-0.2, 0) is 13.0 Å². The molecule has 5 heteroatoms. The molecule has 2 rings (SSSR count). The van der Waals surface area contributed by atoms with Crippen molar-refractivity contribution in [3.05, 3.63) is 68.2 Å². The maximum Gasteiger partial charge on any atom is 0.293 e. The lowest BCUT2D eigenvalue weighted by Gasteiger charge is -2.08. The highest BCUT2D eigenvalue weighted by molar-refractivity contribution is 9.10. The van der Waals surface area contributed by atoms with E-state index in [9.17, 15) is 10.1 Å². The van der Waals surface area contributed by atoms with Gasteiger partial charge in [-0.1, -0.05) is 47.1 Å². The topological polar surface area (TPSA) is 55.2 Å². The van der Waals surface area contributed by atoms with Crippen molar-refractivity contribution in [2.75, 3.05) is 5.32 Å². The first-order valence-corrected chi connectivity index (χ1v) is 7.15. The number of rotatable bonds is 5. The number of anilines is 1. The number of nitro groups is 1. The molecule has 0 spiro atoms. The summed E-state index contributed by atoms with van der Waals surface area (Å²) in [7, 11) is 0. The number of benzene rings is 2. The van der Waals surface area contributed by atoms with Crippen LogP contribution in [0.5, 0.6) is 0 Å². The zero-order valence-electron chi connectivity index (χ0n) is 11.1. The lowest BCUT2D eigenvalue weighted by molar-refractivity contribution is -0.384. The van der Waals surface area contributed by atoms with E-state index in [-0.39, 0.29) is 10.6 Å². The second-order valence-electron chi connectivity index (χ2n) is 4.44. The fourth-order valence-electron chi connectivity index (χ4n) is 1.90. The first kappa shape index (κ1) is 14.5. The Labute approximate surface area is 126 Å². The smallest absolute Gasteiger partial charge is 0.293 e. The van der Waals surface area contributed by atoms with Crippen LogP contribution in [0.3, 0.4) is 0 Å². The summed E-state index contributed by atoms with van der Waals surface area (Å²) in [5, 5.41) is 14.1. The third kappa shape index (κ3) is 3.57. The maximum atomic E-state index is 11.0. The van der Waals surface area contributed by atoms with Crippen LogP contribution in [0.15, 0.2) is 46.9 Å². The van der Waals surface area contributed by atoms with Gasteiger partial charge in [0.15, 0.2) is 0 Å². The minimum absolute atomic E-state index is 0.0737. The summed E-state index contributed by atoms with van der Waals surface area (Å²) in [5.41, 5.74) is 2.98. The van der Waals surface area contributed by atoms with E-state index in [0.717, 1.165) is 12.0 Å². The van der Waals surface area contributed by atoms with E-state index in [1.807, 2.05) is 12.1 Å². The van der Waals surface area contributed by atoms with Crippen molar-refractivity contribution in [3.8, 4) is 0 Å². The summed E-state index contributed by atoms with van der Waals surface area (Å²) in [5.74, 6) is 0. The normalized spacial score (nSPS) is 10.3. The maximum absolute atomic E-state index is 11.0. The van der Waals surface area contributed by atoms with Gasteiger partial charge in [-0.15, -0.1) is 0 Å². The van der Waals surface area contributed by atoms with Crippen LogP contribution >= 0.6 is 15.9 Å². The predicted molar refractivity (Wildman–Crippen MR) is 83.9 cm³/mol. The molecule has 2 aromatic rings. The first-order chi connectivity index (χ1) is 9.60. The van der Waals surface area contributed by atoms with Crippen LogP contribution in [-0.4, -0.2) is 4.92 Å². The number of hydrogen-bond donors (Lipinski definition) is 1. The second kappa shape index (κ2) is 6.52. The fraction of sp³-hybridized carbons (Fsp3) is 0.200. The molecule has 0 heterocycles. The van der Waals surface area contributed by atoms with Crippen LogP contribution in [0.4, 0.5) is 11.4 Å². The van der Waals surface area contributed by atoms with E-state index in [2.05, 4.69) is 40.3 Å². The number of nitrogens with zero attached hydrogens (tertiary/aromatic N) is 1. The van der Waals surface area contributed by atoms with Crippen molar-refractivity contribution >= 4 is 27.3 Å². The Hall–Kier alpha value is -1.88. The van der Waals surface area contributed by atoms with E-state index in [1.165, 1.54) is 11.6 Å². The van der Waals surface area contributed by atoms with Crippen molar-refractivity contribution in [3.63, 3.8) is 0 Å². The van der Waals surface area contributed by atoms with Gasteiger partial charge in [-0.2, -0.15) is 0 Å². The Bertz CT molecular complexity index is 612. The van der Waals surface area contributed by atoms with Crippen molar-refractivity contribution in [1.29, 1.82) is 0 Å². The lowest BCUT2D eigenvalue weighted by atomic mass is 10.1. The Morgan fingerprint density at radius 1 is 1.15 bits per heavy atom. The highest BCUT2D eigenvalue weighted by Gasteiger charge is 2.13. The van der Waals surface area contributed by atoms with Crippen LogP contribution in [0.2, 0.25) is 0 Å². The van der Waals surface area contributed by atoms with Gasteiger partial charge in [0.1, 0.15) is 5.69 Å². The van der Waals surface area contributed by atoms with Gasteiger partial charge in [-0.25, -0.2) is 0 Å². The van der Waals surface area contributed by atoms with Crippen molar-refractivity contribution in [1.82, 2.24) is 0 Å². The zero-order valence-corrected chi connectivity index (χ0v) is 12.7. The van der Waals surface area contributed by atoms with Crippen LogP contribution in [0, 0.1) is 10.1 Å². The zero-order chi connectivity index (χ0) is 14.5. The summed E-state index contributed by atoms with van der Waals surface area (Å²) in [4.78, 5) is 10.6. The Morgan fingerprint density at radius 2 is 1.80 bits per heavy atom. The quantitative estimate of drug-likeness (QED) is 0.645. The molecule has 0 atom stereocenters. The molecule has 4 nitrogen and oxygen atoms in total. The minimum Gasteiger partial charge on any atom is -0.375 e. The van der Waals surface area contributed by atoms with Crippen molar-refractivity contribution < 1.29 is 4.92 Å². The molecule has 20 heavy (non-hydrogen) atoms. The minimum atomic E-state index is -0.382. The number of nitrogens with one attached hydrogen (secondary N) is 1. The molecule has 0 amide bonds. The number of aryl methyl sites for hydroxylation is 1. The van der Waals surface area contributed by atoms with E-state index >= 15 is 0 Å². The summed E-state index contributed by atoms with van der Waals surface area (Å²) in [6, 6.07) is 13.2. The van der Waals surface area contributed by atoms with E-state index < -0.39 is 0 Å². The molecule has 0 radical (unpaired) electrons. The molecule has 0 aliphatic carbocycles. The molecule has 104 valence electrons. The molecule has 0 saturated carbocycles. The lowest BCUT2D eigenvalue weighted by Crippen LogP contribution is -2.02. The predicted octanol–water partition coefficient (Wildman–Crippen LogP) is 4.53. The Morgan fingerprint density at radius 3 is 2.40 bits per heavy atom. The van der Waals surface area contributed by atoms with Gasteiger partial charge in [0, 0.05) is 17.1 Å².